The molecule has 0 saturated carbocycles. The number of rotatable bonds is 4. The van der Waals surface area contributed by atoms with Crippen LogP contribution >= 0.6 is 0 Å². The van der Waals surface area contributed by atoms with Gasteiger partial charge in [0, 0.05) is 22.4 Å². The molecule has 0 bridgehead atoms. The normalized spacial score (nSPS) is 11.5. The van der Waals surface area contributed by atoms with E-state index in [1.165, 1.54) is 24.7 Å². The van der Waals surface area contributed by atoms with E-state index in [0.29, 0.717) is 16.7 Å². The van der Waals surface area contributed by atoms with E-state index in [1.54, 1.807) is 36.4 Å². The van der Waals surface area contributed by atoms with Crippen LogP contribution in [0.4, 0.5) is 18.9 Å². The van der Waals surface area contributed by atoms with E-state index in [-0.39, 0.29) is 11.5 Å². The van der Waals surface area contributed by atoms with Gasteiger partial charge in [-0.1, -0.05) is 12.1 Å². The monoisotopic (exact) mass is 423 g/mol. The summed E-state index contributed by atoms with van der Waals surface area (Å²) in [5, 5.41) is 11.8. The smallest absolute Gasteiger partial charge is 0.416 e. The third-order valence-electron chi connectivity index (χ3n) is 4.83. The van der Waals surface area contributed by atoms with Crippen LogP contribution in [-0.4, -0.2) is 11.7 Å². The number of nitrogen functional groups attached to an aromatic ring is 1. The van der Waals surface area contributed by atoms with Gasteiger partial charge in [-0.15, -0.1) is 0 Å². The molecule has 0 aliphatic carbocycles. The molecule has 0 aliphatic rings. The molecular formula is C23H16F3N3O2. The number of nitrogens with two attached hydrogens (primary N) is 1. The Kier molecular flexibility index (Phi) is 4.98. The number of carbonyl (C=O) groups is 1. The van der Waals surface area contributed by atoms with Crippen LogP contribution in [0.3, 0.4) is 0 Å². The SMILES string of the molecule is N=C(N)c1ccc2cc(C(=O)Nc3ccc(C(F)(F)F)cc3)cc(-c3ccoc3)c2c1. The topological polar surface area (TPSA) is 92.1 Å². The van der Waals surface area contributed by atoms with Gasteiger partial charge in [0.2, 0.25) is 0 Å². The van der Waals surface area contributed by atoms with Crippen molar-refractivity contribution in [1.29, 1.82) is 5.41 Å². The molecule has 0 spiro atoms. The second kappa shape index (κ2) is 7.64. The van der Waals surface area contributed by atoms with E-state index in [1.807, 2.05) is 0 Å². The molecule has 1 aromatic heterocycles. The second-order valence-electron chi connectivity index (χ2n) is 6.91. The van der Waals surface area contributed by atoms with Crippen molar-refractivity contribution in [3.8, 4) is 11.1 Å². The fraction of sp³-hybridized carbons (Fsp3) is 0.0435. The first-order valence-electron chi connectivity index (χ1n) is 9.16. The first kappa shape index (κ1) is 20.2. The number of hydrogen-bond donors (Lipinski definition) is 3. The van der Waals surface area contributed by atoms with Crippen molar-refractivity contribution in [1.82, 2.24) is 0 Å². The van der Waals surface area contributed by atoms with E-state index < -0.39 is 17.6 Å². The Labute approximate surface area is 174 Å². The average molecular weight is 423 g/mol. The molecule has 4 aromatic rings. The van der Waals surface area contributed by atoms with Gasteiger partial charge in [-0.05, 0) is 64.9 Å². The minimum absolute atomic E-state index is 0.0795. The van der Waals surface area contributed by atoms with Crippen molar-refractivity contribution in [2.24, 2.45) is 5.73 Å². The lowest BCUT2D eigenvalue weighted by Gasteiger charge is -2.12. The summed E-state index contributed by atoms with van der Waals surface area (Å²) in [7, 11) is 0. The van der Waals surface area contributed by atoms with Gasteiger partial charge >= 0.3 is 6.18 Å². The molecule has 0 saturated heterocycles. The zero-order valence-corrected chi connectivity index (χ0v) is 16.0. The summed E-state index contributed by atoms with van der Waals surface area (Å²) >= 11 is 0. The van der Waals surface area contributed by atoms with E-state index >= 15 is 0 Å². The second-order valence-corrected chi connectivity index (χ2v) is 6.91. The quantitative estimate of drug-likeness (QED) is 0.292. The van der Waals surface area contributed by atoms with Gasteiger partial charge in [0.25, 0.3) is 5.91 Å². The van der Waals surface area contributed by atoms with Crippen LogP contribution in [0.25, 0.3) is 21.9 Å². The van der Waals surface area contributed by atoms with Crippen LogP contribution < -0.4 is 11.1 Å². The number of hydrogen-bond acceptors (Lipinski definition) is 3. The number of amidine groups is 1. The molecule has 0 aliphatic heterocycles. The summed E-state index contributed by atoms with van der Waals surface area (Å²) in [5.41, 5.74) is 7.35. The van der Waals surface area contributed by atoms with Crippen molar-refractivity contribution in [3.05, 3.63) is 89.9 Å². The number of benzene rings is 3. The Morgan fingerprint density at radius 1 is 0.968 bits per heavy atom. The molecule has 0 fully saturated rings. The highest BCUT2D eigenvalue weighted by atomic mass is 19.4. The summed E-state index contributed by atoms with van der Waals surface area (Å²) in [6.07, 6.45) is -1.41. The molecular weight excluding hydrogens is 407 g/mol. The highest BCUT2D eigenvalue weighted by molar-refractivity contribution is 6.10. The van der Waals surface area contributed by atoms with E-state index in [4.69, 9.17) is 15.6 Å². The maximum Gasteiger partial charge on any atom is 0.416 e. The van der Waals surface area contributed by atoms with Crippen LogP contribution in [0.2, 0.25) is 0 Å². The number of alkyl halides is 3. The predicted octanol–water partition coefficient (Wildman–Crippen LogP) is 5.65. The lowest BCUT2D eigenvalue weighted by molar-refractivity contribution is -0.137. The van der Waals surface area contributed by atoms with Gasteiger partial charge < -0.3 is 15.5 Å². The molecule has 1 amide bonds. The lowest BCUT2D eigenvalue weighted by atomic mass is 9.95. The van der Waals surface area contributed by atoms with Crippen LogP contribution in [0.15, 0.2) is 77.6 Å². The first-order chi connectivity index (χ1) is 14.7. The van der Waals surface area contributed by atoms with Crippen molar-refractivity contribution in [2.45, 2.75) is 6.18 Å². The molecule has 0 atom stereocenters. The van der Waals surface area contributed by atoms with Gasteiger partial charge in [0.15, 0.2) is 0 Å². The van der Waals surface area contributed by atoms with Crippen LogP contribution in [0.1, 0.15) is 21.5 Å². The fourth-order valence-corrected chi connectivity index (χ4v) is 3.26. The zero-order chi connectivity index (χ0) is 22.2. The zero-order valence-electron chi connectivity index (χ0n) is 16.0. The average Bonchev–Trinajstić information content (AvgIpc) is 3.27. The number of fused-ring (bicyclic) bond motifs is 1. The summed E-state index contributed by atoms with van der Waals surface area (Å²) in [6, 6.07) is 14.5. The van der Waals surface area contributed by atoms with E-state index in [2.05, 4.69) is 5.32 Å². The minimum Gasteiger partial charge on any atom is -0.472 e. The van der Waals surface area contributed by atoms with Crippen LogP contribution in [0.5, 0.6) is 0 Å². The first-order valence-corrected chi connectivity index (χ1v) is 9.16. The Balaban J connectivity index is 1.73. The standard InChI is InChI=1S/C23H16F3N3O2/c24-23(25,26)17-3-5-18(6-4-17)29-22(30)16-9-13-1-2-14(21(27)28)10-19(13)20(11-16)15-7-8-31-12-15/h1-12H,(H3,27,28)(H,29,30). The summed E-state index contributed by atoms with van der Waals surface area (Å²) in [5.74, 6) is -0.550. The number of nitrogens with one attached hydrogen (secondary N) is 2. The van der Waals surface area contributed by atoms with Crippen molar-refractivity contribution in [3.63, 3.8) is 0 Å². The van der Waals surface area contributed by atoms with Gasteiger partial charge in [-0.25, -0.2) is 0 Å². The third kappa shape index (κ3) is 4.13. The maximum absolute atomic E-state index is 12.8. The molecule has 0 radical (unpaired) electrons. The van der Waals surface area contributed by atoms with E-state index in [9.17, 15) is 18.0 Å². The Hall–Kier alpha value is -4.07. The molecule has 0 unspecified atom stereocenters. The summed E-state index contributed by atoms with van der Waals surface area (Å²) < 4.78 is 43.4. The van der Waals surface area contributed by atoms with Gasteiger partial charge in [-0.3, -0.25) is 10.2 Å². The largest absolute Gasteiger partial charge is 0.472 e. The molecule has 3 aromatic carbocycles. The highest BCUT2D eigenvalue weighted by Gasteiger charge is 2.30. The number of furan rings is 1. The highest BCUT2D eigenvalue weighted by Crippen LogP contribution is 2.32. The number of amides is 1. The molecule has 5 nitrogen and oxygen atoms in total. The fourth-order valence-electron chi connectivity index (χ4n) is 3.26. The molecule has 4 rings (SSSR count). The maximum atomic E-state index is 12.8. The summed E-state index contributed by atoms with van der Waals surface area (Å²) in [6.45, 7) is 0. The summed E-state index contributed by atoms with van der Waals surface area (Å²) in [4.78, 5) is 12.8. The molecule has 1 heterocycles. The van der Waals surface area contributed by atoms with Crippen molar-refractivity contribution < 1.29 is 22.4 Å². The van der Waals surface area contributed by atoms with Gasteiger partial charge in [-0.2, -0.15) is 13.2 Å². The van der Waals surface area contributed by atoms with Crippen LogP contribution in [-0.2, 0) is 6.18 Å². The number of anilines is 1. The Morgan fingerprint density at radius 3 is 2.32 bits per heavy atom. The number of halogens is 3. The van der Waals surface area contributed by atoms with E-state index in [0.717, 1.165) is 28.5 Å². The Bertz CT molecular complexity index is 1280. The number of carbonyl (C=O) groups excluding carboxylic acids is 1. The van der Waals surface area contributed by atoms with Gasteiger partial charge in [0.1, 0.15) is 5.84 Å². The van der Waals surface area contributed by atoms with Crippen molar-refractivity contribution >= 4 is 28.2 Å². The lowest BCUT2D eigenvalue weighted by Crippen LogP contribution is -2.13. The van der Waals surface area contributed by atoms with Gasteiger partial charge in [0.05, 0.1) is 18.1 Å². The van der Waals surface area contributed by atoms with Crippen LogP contribution in [0, 0.1) is 5.41 Å². The molecule has 4 N–H and O–H groups in total. The molecule has 31 heavy (non-hydrogen) atoms. The molecule has 156 valence electrons. The van der Waals surface area contributed by atoms with Crippen molar-refractivity contribution in [2.75, 3.05) is 5.32 Å². The minimum atomic E-state index is -4.45. The Morgan fingerprint density at radius 2 is 1.71 bits per heavy atom. The predicted molar refractivity (Wildman–Crippen MR) is 112 cm³/mol. The third-order valence-corrected chi connectivity index (χ3v) is 4.83. The molecule has 8 heteroatoms.